The Balaban J connectivity index is 3.06. The largest absolute Gasteiger partial charge is 0.464 e. The van der Waals surface area contributed by atoms with Gasteiger partial charge in [0.05, 0.1) is 6.61 Å². The fraction of sp³-hybridized carbons (Fsp3) is 0.533. The number of ether oxygens (including phenoxy) is 1. The minimum atomic E-state index is -1.03. The molecule has 106 valence electrons. The SMILES string of the molecule is CCOC(=O)C(C)(NCC(C)C)c1cccc(F)c1. The first-order valence-corrected chi connectivity index (χ1v) is 6.58. The van der Waals surface area contributed by atoms with E-state index in [1.165, 1.54) is 12.1 Å². The van der Waals surface area contributed by atoms with Gasteiger partial charge >= 0.3 is 5.97 Å². The summed E-state index contributed by atoms with van der Waals surface area (Å²) in [5.74, 6) is -0.372. The van der Waals surface area contributed by atoms with Crippen molar-refractivity contribution in [2.75, 3.05) is 13.2 Å². The van der Waals surface area contributed by atoms with Crippen molar-refractivity contribution >= 4 is 5.97 Å². The molecule has 0 amide bonds. The average Bonchev–Trinajstić information content (AvgIpc) is 2.36. The van der Waals surface area contributed by atoms with Crippen LogP contribution in [0.3, 0.4) is 0 Å². The Hall–Kier alpha value is -1.42. The lowest BCUT2D eigenvalue weighted by atomic mass is 9.91. The second-order valence-electron chi connectivity index (χ2n) is 5.13. The van der Waals surface area contributed by atoms with Crippen molar-refractivity contribution in [3.63, 3.8) is 0 Å². The number of hydrogen-bond donors (Lipinski definition) is 1. The Morgan fingerprint density at radius 3 is 2.68 bits per heavy atom. The number of carbonyl (C=O) groups is 1. The summed E-state index contributed by atoms with van der Waals surface area (Å²) in [4.78, 5) is 12.2. The summed E-state index contributed by atoms with van der Waals surface area (Å²) in [6.45, 7) is 8.52. The van der Waals surface area contributed by atoms with Crippen LogP contribution in [-0.2, 0) is 15.1 Å². The van der Waals surface area contributed by atoms with Crippen LogP contribution in [0.25, 0.3) is 0 Å². The van der Waals surface area contributed by atoms with E-state index in [2.05, 4.69) is 5.32 Å². The van der Waals surface area contributed by atoms with Gasteiger partial charge in [0.1, 0.15) is 11.4 Å². The van der Waals surface area contributed by atoms with Crippen LogP contribution in [0.15, 0.2) is 24.3 Å². The highest BCUT2D eigenvalue weighted by atomic mass is 19.1. The highest BCUT2D eigenvalue weighted by Gasteiger charge is 2.36. The molecule has 0 radical (unpaired) electrons. The Labute approximate surface area is 114 Å². The molecule has 0 aromatic heterocycles. The molecular weight excluding hydrogens is 245 g/mol. The summed E-state index contributed by atoms with van der Waals surface area (Å²) in [6, 6.07) is 6.05. The molecule has 19 heavy (non-hydrogen) atoms. The lowest BCUT2D eigenvalue weighted by Crippen LogP contribution is -2.49. The van der Waals surface area contributed by atoms with Gasteiger partial charge in [0.2, 0.25) is 0 Å². The molecule has 0 aliphatic carbocycles. The van der Waals surface area contributed by atoms with Crippen LogP contribution in [0, 0.1) is 11.7 Å². The van der Waals surface area contributed by atoms with E-state index in [1.54, 1.807) is 26.0 Å². The maximum absolute atomic E-state index is 13.4. The maximum Gasteiger partial charge on any atom is 0.330 e. The lowest BCUT2D eigenvalue weighted by molar-refractivity contribution is -0.151. The van der Waals surface area contributed by atoms with Gasteiger partial charge in [-0.15, -0.1) is 0 Å². The topological polar surface area (TPSA) is 38.3 Å². The van der Waals surface area contributed by atoms with Gasteiger partial charge in [-0.1, -0.05) is 26.0 Å². The normalized spacial score (nSPS) is 14.2. The number of carbonyl (C=O) groups excluding carboxylic acids is 1. The zero-order chi connectivity index (χ0) is 14.5. The van der Waals surface area contributed by atoms with Crippen molar-refractivity contribution < 1.29 is 13.9 Å². The molecule has 0 heterocycles. The maximum atomic E-state index is 13.4. The number of halogens is 1. The molecule has 0 fully saturated rings. The van der Waals surface area contributed by atoms with E-state index in [9.17, 15) is 9.18 Å². The van der Waals surface area contributed by atoms with Gasteiger partial charge < -0.3 is 4.74 Å². The molecule has 0 saturated carbocycles. The predicted molar refractivity (Wildman–Crippen MR) is 73.2 cm³/mol. The van der Waals surface area contributed by atoms with Crippen molar-refractivity contribution in [1.82, 2.24) is 5.32 Å². The van der Waals surface area contributed by atoms with Crippen molar-refractivity contribution in [1.29, 1.82) is 0 Å². The monoisotopic (exact) mass is 267 g/mol. The average molecular weight is 267 g/mol. The van der Waals surface area contributed by atoms with Gasteiger partial charge in [-0.05, 0) is 44.0 Å². The molecule has 1 atom stereocenters. The molecule has 0 bridgehead atoms. The third kappa shape index (κ3) is 4.03. The molecule has 1 unspecified atom stereocenters. The number of nitrogens with one attached hydrogen (secondary N) is 1. The van der Waals surface area contributed by atoms with E-state index in [0.29, 0.717) is 24.6 Å². The first kappa shape index (κ1) is 15.6. The summed E-state index contributed by atoms with van der Waals surface area (Å²) in [7, 11) is 0. The van der Waals surface area contributed by atoms with Crippen LogP contribution >= 0.6 is 0 Å². The van der Waals surface area contributed by atoms with E-state index in [1.807, 2.05) is 13.8 Å². The van der Waals surface area contributed by atoms with Crippen LogP contribution < -0.4 is 5.32 Å². The number of hydrogen-bond acceptors (Lipinski definition) is 3. The van der Waals surface area contributed by atoms with Crippen LogP contribution in [0.1, 0.15) is 33.3 Å². The quantitative estimate of drug-likeness (QED) is 0.805. The van der Waals surface area contributed by atoms with Crippen LogP contribution in [0.5, 0.6) is 0 Å². The third-order valence-electron chi connectivity index (χ3n) is 2.95. The number of esters is 1. The molecule has 1 aromatic carbocycles. The molecule has 0 saturated heterocycles. The molecule has 4 heteroatoms. The van der Waals surface area contributed by atoms with Crippen molar-refractivity contribution in [3.05, 3.63) is 35.6 Å². The summed E-state index contributed by atoms with van der Waals surface area (Å²) in [5.41, 5.74) is -0.450. The third-order valence-corrected chi connectivity index (χ3v) is 2.95. The Morgan fingerprint density at radius 1 is 1.47 bits per heavy atom. The van der Waals surface area contributed by atoms with Gasteiger partial charge in [-0.2, -0.15) is 0 Å². The van der Waals surface area contributed by atoms with Crippen LogP contribution in [0.2, 0.25) is 0 Å². The Morgan fingerprint density at radius 2 is 2.16 bits per heavy atom. The second kappa shape index (κ2) is 6.66. The summed E-state index contributed by atoms with van der Waals surface area (Å²) in [5, 5.41) is 3.18. The molecule has 3 nitrogen and oxygen atoms in total. The fourth-order valence-corrected chi connectivity index (χ4v) is 1.78. The highest BCUT2D eigenvalue weighted by Crippen LogP contribution is 2.23. The zero-order valence-corrected chi connectivity index (χ0v) is 12.0. The van der Waals surface area contributed by atoms with Gasteiger partial charge in [0.15, 0.2) is 0 Å². The molecule has 1 rings (SSSR count). The number of benzene rings is 1. The highest BCUT2D eigenvalue weighted by molar-refractivity contribution is 5.82. The van der Waals surface area contributed by atoms with E-state index in [0.717, 1.165) is 0 Å². The summed E-state index contributed by atoms with van der Waals surface area (Å²) in [6.07, 6.45) is 0. The minimum Gasteiger partial charge on any atom is -0.464 e. The van der Waals surface area contributed by atoms with Crippen molar-refractivity contribution in [2.24, 2.45) is 5.92 Å². The molecule has 1 aromatic rings. The first-order valence-electron chi connectivity index (χ1n) is 6.58. The molecule has 0 aliphatic heterocycles. The van der Waals surface area contributed by atoms with Gasteiger partial charge in [-0.3, -0.25) is 5.32 Å². The Bertz CT molecular complexity index is 434. The van der Waals surface area contributed by atoms with E-state index < -0.39 is 5.54 Å². The predicted octanol–water partition coefficient (Wildman–Crippen LogP) is 2.85. The summed E-state index contributed by atoms with van der Waals surface area (Å²) < 4.78 is 18.5. The second-order valence-corrected chi connectivity index (χ2v) is 5.13. The van der Waals surface area contributed by atoms with Gasteiger partial charge in [-0.25, -0.2) is 9.18 Å². The zero-order valence-electron chi connectivity index (χ0n) is 12.0. The van der Waals surface area contributed by atoms with Crippen molar-refractivity contribution in [3.8, 4) is 0 Å². The van der Waals surface area contributed by atoms with Gasteiger partial charge in [0, 0.05) is 0 Å². The van der Waals surface area contributed by atoms with E-state index in [-0.39, 0.29) is 11.8 Å². The molecule has 0 aliphatic rings. The van der Waals surface area contributed by atoms with Crippen LogP contribution in [-0.4, -0.2) is 19.1 Å². The Kier molecular flexibility index (Phi) is 5.48. The molecule has 1 N–H and O–H groups in total. The smallest absolute Gasteiger partial charge is 0.330 e. The van der Waals surface area contributed by atoms with Crippen LogP contribution in [0.4, 0.5) is 4.39 Å². The van der Waals surface area contributed by atoms with E-state index in [4.69, 9.17) is 4.74 Å². The minimum absolute atomic E-state index is 0.299. The van der Waals surface area contributed by atoms with Gasteiger partial charge in [0.25, 0.3) is 0 Å². The fourth-order valence-electron chi connectivity index (χ4n) is 1.78. The molecule has 0 spiro atoms. The van der Waals surface area contributed by atoms with Crippen molar-refractivity contribution in [2.45, 2.75) is 33.2 Å². The van der Waals surface area contributed by atoms with E-state index >= 15 is 0 Å². The molecular formula is C15H22FNO2. The summed E-state index contributed by atoms with van der Waals surface area (Å²) >= 11 is 0. The lowest BCUT2D eigenvalue weighted by Gasteiger charge is -2.30. The standard InChI is InChI=1S/C15H22FNO2/c1-5-19-14(18)15(4,17-10-11(2)3)12-7-6-8-13(16)9-12/h6-9,11,17H,5,10H2,1-4H3. The number of rotatable bonds is 6. The first-order chi connectivity index (χ1) is 8.90.